The molecule has 2 aliphatic heterocycles. The number of hydrogen-bond donors (Lipinski definition) is 0. The lowest BCUT2D eigenvalue weighted by Crippen LogP contribution is -2.39. The Morgan fingerprint density at radius 2 is 1.59 bits per heavy atom. The highest BCUT2D eigenvalue weighted by molar-refractivity contribution is 6.05. The average Bonchev–Trinajstić information content (AvgIpc) is 3.00. The molecule has 0 radical (unpaired) electrons. The first-order valence-electron chi connectivity index (χ1n) is 10.4. The standard InChI is InChI=1S/C22H28N2O5/c1-28-18-11-14-7-9-23(13-15(14)12-19(18)29-2)20(25)8-10-24-21(26)16-5-3-4-6-17(16)22(24)27/h11-12,16-17H,3-10,13H2,1-2H3/t16-,17+. The van der Waals surface area contributed by atoms with Gasteiger partial charge in [0.2, 0.25) is 17.7 Å². The third kappa shape index (κ3) is 3.58. The van der Waals surface area contributed by atoms with Crippen LogP contribution >= 0.6 is 0 Å². The molecule has 1 saturated carbocycles. The van der Waals surface area contributed by atoms with E-state index in [1.54, 1.807) is 19.1 Å². The molecule has 2 fully saturated rings. The summed E-state index contributed by atoms with van der Waals surface area (Å²) in [5, 5.41) is 0. The van der Waals surface area contributed by atoms with E-state index < -0.39 is 0 Å². The number of nitrogens with zero attached hydrogens (tertiary/aromatic N) is 2. The fourth-order valence-corrected chi connectivity index (χ4v) is 4.91. The Bertz CT molecular complexity index is 813. The van der Waals surface area contributed by atoms with Gasteiger partial charge in [0.1, 0.15) is 0 Å². The second-order valence-electron chi connectivity index (χ2n) is 8.12. The predicted octanol–water partition coefficient (Wildman–Crippen LogP) is 2.15. The molecule has 7 nitrogen and oxygen atoms in total. The molecule has 0 aromatic heterocycles. The number of likely N-dealkylation sites (tertiary alicyclic amines) is 1. The molecule has 156 valence electrons. The summed E-state index contributed by atoms with van der Waals surface area (Å²) in [5.74, 6) is 0.851. The maximum atomic E-state index is 12.8. The van der Waals surface area contributed by atoms with E-state index in [0.29, 0.717) is 24.6 Å². The molecule has 0 spiro atoms. The van der Waals surface area contributed by atoms with Crippen molar-refractivity contribution in [3.63, 3.8) is 0 Å². The molecular weight excluding hydrogens is 372 g/mol. The topological polar surface area (TPSA) is 76.2 Å². The highest BCUT2D eigenvalue weighted by Gasteiger charge is 2.47. The van der Waals surface area contributed by atoms with Gasteiger partial charge in [0, 0.05) is 26.1 Å². The van der Waals surface area contributed by atoms with Crippen molar-refractivity contribution < 1.29 is 23.9 Å². The molecule has 3 amide bonds. The van der Waals surface area contributed by atoms with Crippen LogP contribution in [0.15, 0.2) is 12.1 Å². The third-order valence-corrected chi connectivity index (χ3v) is 6.55. The van der Waals surface area contributed by atoms with Crippen molar-refractivity contribution in [3.05, 3.63) is 23.3 Å². The Morgan fingerprint density at radius 3 is 2.17 bits per heavy atom. The van der Waals surface area contributed by atoms with Crippen LogP contribution in [0.1, 0.15) is 43.2 Å². The van der Waals surface area contributed by atoms with Gasteiger partial charge in [0.05, 0.1) is 26.1 Å². The molecule has 1 aromatic carbocycles. The van der Waals surface area contributed by atoms with Crippen LogP contribution < -0.4 is 9.47 Å². The molecule has 2 atom stereocenters. The molecule has 2 heterocycles. The van der Waals surface area contributed by atoms with Gasteiger partial charge in [-0.25, -0.2) is 0 Å². The largest absolute Gasteiger partial charge is 0.493 e. The molecule has 1 aromatic rings. The molecule has 3 aliphatic rings. The summed E-state index contributed by atoms with van der Waals surface area (Å²) in [7, 11) is 3.21. The third-order valence-electron chi connectivity index (χ3n) is 6.55. The minimum absolute atomic E-state index is 0.0269. The van der Waals surface area contributed by atoms with Crippen LogP contribution in [-0.4, -0.2) is 54.8 Å². The highest BCUT2D eigenvalue weighted by Crippen LogP contribution is 2.38. The summed E-state index contributed by atoms with van der Waals surface area (Å²) in [6.07, 6.45) is 4.54. The number of imide groups is 1. The zero-order valence-corrected chi connectivity index (χ0v) is 17.1. The van der Waals surface area contributed by atoms with Crippen molar-refractivity contribution in [2.45, 2.75) is 45.1 Å². The van der Waals surface area contributed by atoms with Crippen molar-refractivity contribution in [1.29, 1.82) is 0 Å². The lowest BCUT2D eigenvalue weighted by Gasteiger charge is -2.30. The van der Waals surface area contributed by atoms with Gasteiger partial charge >= 0.3 is 0 Å². The first kappa shape index (κ1) is 19.7. The van der Waals surface area contributed by atoms with Gasteiger partial charge in [-0.05, 0) is 42.5 Å². The van der Waals surface area contributed by atoms with Gasteiger partial charge in [0.25, 0.3) is 0 Å². The number of fused-ring (bicyclic) bond motifs is 2. The van der Waals surface area contributed by atoms with Crippen molar-refractivity contribution in [1.82, 2.24) is 9.80 Å². The van der Waals surface area contributed by atoms with Crippen molar-refractivity contribution in [3.8, 4) is 11.5 Å². The van der Waals surface area contributed by atoms with Crippen LogP contribution in [0.25, 0.3) is 0 Å². The number of hydrogen-bond acceptors (Lipinski definition) is 5. The summed E-state index contributed by atoms with van der Waals surface area (Å²) in [6.45, 7) is 1.31. The van der Waals surface area contributed by atoms with E-state index in [0.717, 1.165) is 43.2 Å². The molecule has 0 N–H and O–H groups in total. The minimum atomic E-state index is -0.157. The van der Waals surface area contributed by atoms with Crippen LogP contribution in [0.4, 0.5) is 0 Å². The fourth-order valence-electron chi connectivity index (χ4n) is 4.91. The number of carbonyl (C=O) groups excluding carboxylic acids is 3. The second-order valence-corrected chi connectivity index (χ2v) is 8.12. The van der Waals surface area contributed by atoms with Crippen LogP contribution in [-0.2, 0) is 27.3 Å². The van der Waals surface area contributed by atoms with Gasteiger partial charge < -0.3 is 14.4 Å². The molecular formula is C22H28N2O5. The Balaban J connectivity index is 1.39. The summed E-state index contributed by atoms with van der Waals surface area (Å²) in [6, 6.07) is 3.89. The first-order valence-corrected chi connectivity index (χ1v) is 10.4. The molecule has 4 rings (SSSR count). The van der Waals surface area contributed by atoms with E-state index in [1.807, 2.05) is 12.1 Å². The lowest BCUT2D eigenvalue weighted by molar-refractivity contribution is -0.141. The number of amides is 3. The van der Waals surface area contributed by atoms with Gasteiger partial charge in [-0.2, -0.15) is 0 Å². The molecule has 0 unspecified atom stereocenters. The Hall–Kier alpha value is -2.57. The van der Waals surface area contributed by atoms with Crippen molar-refractivity contribution in [2.24, 2.45) is 11.8 Å². The second kappa shape index (κ2) is 8.05. The van der Waals surface area contributed by atoms with Crippen LogP contribution in [0, 0.1) is 11.8 Å². The Morgan fingerprint density at radius 1 is 1.00 bits per heavy atom. The van der Waals surface area contributed by atoms with E-state index in [2.05, 4.69) is 0 Å². The SMILES string of the molecule is COc1cc2c(cc1OC)CN(C(=O)CCN1C(=O)[C@H]3CCCC[C@H]3C1=O)CC2. The zero-order valence-electron chi connectivity index (χ0n) is 17.1. The van der Waals surface area contributed by atoms with Crippen LogP contribution in [0.5, 0.6) is 11.5 Å². The number of benzene rings is 1. The fraction of sp³-hybridized carbons (Fsp3) is 0.591. The van der Waals surface area contributed by atoms with E-state index in [1.165, 1.54) is 4.90 Å². The number of ether oxygens (including phenoxy) is 2. The van der Waals surface area contributed by atoms with Gasteiger partial charge in [-0.15, -0.1) is 0 Å². The summed E-state index contributed by atoms with van der Waals surface area (Å²) in [5.41, 5.74) is 2.20. The maximum absolute atomic E-state index is 12.8. The van der Waals surface area contributed by atoms with Crippen LogP contribution in [0.3, 0.4) is 0 Å². The number of methoxy groups -OCH3 is 2. The predicted molar refractivity (Wildman–Crippen MR) is 105 cm³/mol. The van der Waals surface area contributed by atoms with Crippen molar-refractivity contribution >= 4 is 17.7 Å². The molecule has 1 aliphatic carbocycles. The number of carbonyl (C=O) groups is 3. The zero-order chi connectivity index (χ0) is 20.5. The monoisotopic (exact) mass is 400 g/mol. The first-order chi connectivity index (χ1) is 14.0. The van der Waals surface area contributed by atoms with Gasteiger partial charge in [-0.1, -0.05) is 12.8 Å². The van der Waals surface area contributed by atoms with E-state index in [9.17, 15) is 14.4 Å². The van der Waals surface area contributed by atoms with E-state index in [4.69, 9.17) is 9.47 Å². The highest BCUT2D eigenvalue weighted by atomic mass is 16.5. The average molecular weight is 400 g/mol. The number of rotatable bonds is 5. The Labute approximate surface area is 170 Å². The lowest BCUT2D eigenvalue weighted by atomic mass is 9.81. The summed E-state index contributed by atoms with van der Waals surface area (Å²) >= 11 is 0. The maximum Gasteiger partial charge on any atom is 0.233 e. The van der Waals surface area contributed by atoms with Gasteiger partial charge in [-0.3, -0.25) is 19.3 Å². The van der Waals surface area contributed by atoms with Crippen LogP contribution in [0.2, 0.25) is 0 Å². The smallest absolute Gasteiger partial charge is 0.233 e. The van der Waals surface area contributed by atoms with E-state index >= 15 is 0 Å². The molecule has 29 heavy (non-hydrogen) atoms. The quantitative estimate of drug-likeness (QED) is 0.708. The minimum Gasteiger partial charge on any atom is -0.493 e. The van der Waals surface area contributed by atoms with Gasteiger partial charge in [0.15, 0.2) is 11.5 Å². The normalized spacial score (nSPS) is 23.7. The molecule has 1 saturated heterocycles. The molecule has 7 heteroatoms. The summed E-state index contributed by atoms with van der Waals surface area (Å²) < 4.78 is 10.7. The summed E-state index contributed by atoms with van der Waals surface area (Å²) in [4.78, 5) is 41.1. The Kier molecular flexibility index (Phi) is 5.48. The van der Waals surface area contributed by atoms with E-state index in [-0.39, 0.29) is 42.5 Å². The molecule has 0 bridgehead atoms. The van der Waals surface area contributed by atoms with Crippen molar-refractivity contribution in [2.75, 3.05) is 27.3 Å².